The molecule has 336 valence electrons. The van der Waals surface area contributed by atoms with Crippen molar-refractivity contribution < 1.29 is 38.9 Å². The fraction of sp³-hybridized carbons (Fsp3) is 0.132. The minimum Gasteiger partial charge on any atom is -0.489 e. The Labute approximate surface area is 394 Å². The molecule has 12 nitrogen and oxygen atoms in total. The predicted octanol–water partition coefficient (Wildman–Crippen LogP) is 9.00. The summed E-state index contributed by atoms with van der Waals surface area (Å²) in [7, 11) is 0. The van der Waals surface area contributed by atoms with E-state index in [2.05, 4.69) is 6.07 Å². The molecule has 3 heterocycles. The first kappa shape index (κ1) is 46.2. The number of aliphatic hydroxyl groups excluding tert-OH is 2. The number of para-hydroxylation sites is 2. The zero-order chi connectivity index (χ0) is 47.0. The number of nitrogens with two attached hydrogens (primary N) is 2. The summed E-state index contributed by atoms with van der Waals surface area (Å²) in [5, 5.41) is 21.6. The fourth-order valence-electron chi connectivity index (χ4n) is 7.30. The SMILES string of the molecule is CC(=O)c1ccccc1.Nc1ccc(C(=O)c2ccccc2)cc1N.O=C1C(=O)c2ccccc2C2=C1SCC(O)CO2.OC1COc2c(c3nc4ccccc4nc3c3ccccc23)SC1. The van der Waals surface area contributed by atoms with Gasteiger partial charge in [0.1, 0.15) is 35.1 Å². The highest BCUT2D eigenvalue weighted by molar-refractivity contribution is 8.04. The standard InChI is InChI=1S/C19H14N2O2S.C13H12N2O.C13H10O4S.C8H8O/c22-11-9-23-18-13-6-2-1-5-12(13)16-17(19(18)24-10-11)21-15-8-4-3-7-14(15)20-16;14-11-7-6-10(8-12(11)15)13(16)9-4-2-1-3-5-9;14-7-5-17-12-9-4-2-1-3-8(9)10(15)11(16)13(12)18-6-7;1-7(9)8-5-3-2-4-6-8/h1-8,11,22H,9-10H2;1-8H,14-15H2;1-4,7,14H,5-6H2;2-6H,1H3. The number of hydrogen-bond donors (Lipinski definition) is 4. The zero-order valence-corrected chi connectivity index (χ0v) is 37.8. The van der Waals surface area contributed by atoms with Gasteiger partial charge in [0.25, 0.3) is 0 Å². The fourth-order valence-corrected chi connectivity index (χ4v) is 9.32. The van der Waals surface area contributed by atoms with Gasteiger partial charge in [-0.3, -0.25) is 19.2 Å². The van der Waals surface area contributed by atoms with Gasteiger partial charge in [0.05, 0.1) is 45.0 Å². The Morgan fingerprint density at radius 1 is 0.582 bits per heavy atom. The van der Waals surface area contributed by atoms with Crippen LogP contribution in [0.2, 0.25) is 0 Å². The van der Waals surface area contributed by atoms with E-state index in [0.717, 1.165) is 49.0 Å². The van der Waals surface area contributed by atoms with Gasteiger partial charge in [0, 0.05) is 50.1 Å². The Balaban J connectivity index is 0.000000127. The number of rotatable bonds is 3. The van der Waals surface area contributed by atoms with Crippen LogP contribution in [0.4, 0.5) is 11.4 Å². The Hall–Kier alpha value is -7.36. The molecule has 0 spiro atoms. The lowest BCUT2D eigenvalue weighted by molar-refractivity contribution is -0.111. The molecule has 0 saturated heterocycles. The minimum atomic E-state index is -0.629. The second-order valence-electron chi connectivity index (χ2n) is 15.5. The molecular weight excluding hydrogens is 885 g/mol. The maximum absolute atomic E-state index is 12.0. The van der Waals surface area contributed by atoms with Crippen molar-refractivity contribution in [3.63, 3.8) is 0 Å². The van der Waals surface area contributed by atoms with Crippen molar-refractivity contribution in [3.05, 3.63) is 184 Å². The number of fused-ring (bicyclic) bond motifs is 9. The summed E-state index contributed by atoms with van der Waals surface area (Å²) < 4.78 is 11.5. The van der Waals surface area contributed by atoms with E-state index in [9.17, 15) is 29.4 Å². The molecule has 14 heteroatoms. The third-order valence-corrected chi connectivity index (χ3v) is 13.1. The number of aromatic nitrogens is 2. The second kappa shape index (κ2) is 20.9. The van der Waals surface area contributed by atoms with Crippen LogP contribution in [0.3, 0.4) is 0 Å². The summed E-state index contributed by atoms with van der Waals surface area (Å²) >= 11 is 2.78. The van der Waals surface area contributed by atoms with Gasteiger partial charge >= 0.3 is 0 Å². The number of thioether (sulfide) groups is 2. The topological polar surface area (TPSA) is 205 Å². The largest absolute Gasteiger partial charge is 0.489 e. The van der Waals surface area contributed by atoms with Crippen LogP contribution in [-0.2, 0) is 9.53 Å². The summed E-state index contributed by atoms with van der Waals surface area (Å²) in [4.78, 5) is 57.6. The van der Waals surface area contributed by atoms with Crippen molar-refractivity contribution in [1.82, 2.24) is 9.97 Å². The second-order valence-corrected chi connectivity index (χ2v) is 17.5. The lowest BCUT2D eigenvalue weighted by Gasteiger charge is -2.19. The minimum absolute atomic E-state index is 0.0488. The summed E-state index contributed by atoms with van der Waals surface area (Å²) in [6.45, 7) is 2.01. The van der Waals surface area contributed by atoms with Crippen LogP contribution in [0.1, 0.15) is 49.1 Å². The first-order valence-corrected chi connectivity index (χ1v) is 23.2. The molecule has 7 aromatic carbocycles. The van der Waals surface area contributed by atoms with Gasteiger partial charge in [-0.15, -0.1) is 23.5 Å². The van der Waals surface area contributed by atoms with E-state index in [1.165, 1.54) is 11.8 Å². The quantitative estimate of drug-likeness (QED) is 0.0429. The lowest BCUT2D eigenvalue weighted by atomic mass is 9.94. The van der Waals surface area contributed by atoms with E-state index in [-0.39, 0.29) is 18.2 Å². The highest BCUT2D eigenvalue weighted by Crippen LogP contribution is 2.44. The van der Waals surface area contributed by atoms with E-state index < -0.39 is 23.8 Å². The van der Waals surface area contributed by atoms with Gasteiger partial charge in [0.2, 0.25) is 11.6 Å². The molecule has 8 aromatic rings. The Bertz CT molecular complexity index is 3200. The maximum Gasteiger partial charge on any atom is 0.243 e. The molecule has 1 aromatic heterocycles. The van der Waals surface area contributed by atoms with Crippen molar-refractivity contribution in [2.45, 2.75) is 24.0 Å². The molecule has 2 atom stereocenters. The number of carbonyl (C=O) groups is 4. The van der Waals surface area contributed by atoms with Gasteiger partial charge in [-0.2, -0.15) is 0 Å². The molecule has 11 rings (SSSR count). The van der Waals surface area contributed by atoms with Crippen LogP contribution >= 0.6 is 23.5 Å². The molecule has 0 bridgehead atoms. The van der Waals surface area contributed by atoms with Gasteiger partial charge in [-0.1, -0.05) is 121 Å². The molecule has 2 unspecified atom stereocenters. The van der Waals surface area contributed by atoms with Crippen molar-refractivity contribution in [2.24, 2.45) is 0 Å². The number of carbonyl (C=O) groups excluding carboxylic acids is 4. The van der Waals surface area contributed by atoms with E-state index in [1.807, 2.05) is 91.0 Å². The molecule has 1 aliphatic carbocycles. The van der Waals surface area contributed by atoms with Crippen LogP contribution in [0.25, 0.3) is 38.6 Å². The van der Waals surface area contributed by atoms with Crippen molar-refractivity contribution in [2.75, 3.05) is 36.2 Å². The van der Waals surface area contributed by atoms with Crippen LogP contribution in [0, 0.1) is 0 Å². The van der Waals surface area contributed by atoms with E-state index in [4.69, 9.17) is 30.9 Å². The molecule has 0 saturated carbocycles. The molecule has 0 radical (unpaired) electrons. The number of ketones is 4. The molecule has 3 aliphatic rings. The van der Waals surface area contributed by atoms with Crippen LogP contribution in [0.5, 0.6) is 5.75 Å². The number of hydrogen-bond acceptors (Lipinski definition) is 14. The number of Topliss-reactive ketones (excluding diaryl/α,β-unsaturated/α-hetero) is 3. The number of nitrogens with zero attached hydrogens (tertiary/aromatic N) is 2. The number of aliphatic hydroxyl groups is 2. The number of nitrogen functional groups attached to an aromatic ring is 2. The zero-order valence-electron chi connectivity index (χ0n) is 36.1. The number of allylic oxidation sites excluding steroid dienone is 1. The molecule has 0 fully saturated rings. The van der Waals surface area contributed by atoms with Crippen molar-refractivity contribution in [1.29, 1.82) is 0 Å². The first-order valence-electron chi connectivity index (χ1n) is 21.2. The van der Waals surface area contributed by atoms with Gasteiger partial charge in [0.15, 0.2) is 11.6 Å². The van der Waals surface area contributed by atoms with Gasteiger partial charge < -0.3 is 31.2 Å². The summed E-state index contributed by atoms with van der Waals surface area (Å²) in [5.41, 5.74) is 18.6. The van der Waals surface area contributed by atoms with Crippen molar-refractivity contribution in [3.8, 4) is 5.75 Å². The highest BCUT2D eigenvalue weighted by Gasteiger charge is 2.36. The third-order valence-electron chi connectivity index (χ3n) is 10.7. The Morgan fingerprint density at radius 3 is 1.78 bits per heavy atom. The third kappa shape index (κ3) is 10.4. The maximum atomic E-state index is 12.0. The van der Waals surface area contributed by atoms with E-state index in [0.29, 0.717) is 62.4 Å². The smallest absolute Gasteiger partial charge is 0.243 e. The average molecular weight is 929 g/mol. The first-order chi connectivity index (χ1) is 32.5. The Kier molecular flexibility index (Phi) is 14.4. The van der Waals surface area contributed by atoms with Gasteiger partial charge in [-0.05, 0) is 37.3 Å². The molecule has 0 amide bonds. The molecular formula is C53H44N4O8S2. The normalized spacial score (nSPS) is 16.1. The lowest BCUT2D eigenvalue weighted by Crippen LogP contribution is -2.23. The Morgan fingerprint density at radius 2 is 1.13 bits per heavy atom. The monoisotopic (exact) mass is 928 g/mol. The summed E-state index contributed by atoms with van der Waals surface area (Å²) in [6, 6.07) is 46.1. The van der Waals surface area contributed by atoms with Crippen LogP contribution in [-0.4, -0.2) is 80.2 Å². The number of anilines is 2. The van der Waals surface area contributed by atoms with Crippen LogP contribution in [0.15, 0.2) is 161 Å². The number of benzene rings is 7. The number of ether oxygens (including phenoxy) is 2. The van der Waals surface area contributed by atoms with E-state index in [1.54, 1.807) is 73.3 Å². The highest BCUT2D eigenvalue weighted by atomic mass is 32.2. The molecule has 2 aliphatic heterocycles. The van der Waals surface area contributed by atoms with Crippen LogP contribution < -0.4 is 16.2 Å². The average Bonchev–Trinajstić information content (AvgIpc) is 3.70. The summed E-state index contributed by atoms with van der Waals surface area (Å²) in [5.74, 6) is 1.22. The summed E-state index contributed by atoms with van der Waals surface area (Å²) in [6.07, 6.45) is -1.11. The predicted molar refractivity (Wildman–Crippen MR) is 265 cm³/mol. The molecule has 67 heavy (non-hydrogen) atoms. The molecule has 6 N–H and O–H groups in total. The van der Waals surface area contributed by atoms with E-state index >= 15 is 0 Å². The van der Waals surface area contributed by atoms with Crippen molar-refractivity contribution >= 4 is 96.6 Å². The van der Waals surface area contributed by atoms with Gasteiger partial charge in [-0.25, -0.2) is 9.97 Å².